The molecule has 0 radical (unpaired) electrons. The topological polar surface area (TPSA) is 26.3 Å². The van der Waals surface area contributed by atoms with Gasteiger partial charge in [0.2, 0.25) is 0 Å². The molecule has 1 heterocycles. The summed E-state index contributed by atoms with van der Waals surface area (Å²) in [6, 6.07) is 0. The lowest BCUT2D eigenvalue weighted by molar-refractivity contribution is -0.112. The van der Waals surface area contributed by atoms with E-state index in [4.69, 9.17) is 4.74 Å². The van der Waals surface area contributed by atoms with Crippen LogP contribution >= 0.6 is 0 Å². The van der Waals surface area contributed by atoms with E-state index >= 15 is 0 Å². The summed E-state index contributed by atoms with van der Waals surface area (Å²) < 4.78 is 5.26. The largest absolute Gasteiger partial charge is 0.381 e. The molecule has 0 N–H and O–H groups in total. The molecule has 62 valence electrons. The number of carbonyl (C=O) groups excluding carboxylic acids is 1. The molecule has 0 aromatic heterocycles. The summed E-state index contributed by atoms with van der Waals surface area (Å²) in [5.74, 6) is 0.669. The van der Waals surface area contributed by atoms with Crippen molar-refractivity contribution >= 4 is 6.29 Å². The van der Waals surface area contributed by atoms with Crippen LogP contribution < -0.4 is 0 Å². The zero-order chi connectivity index (χ0) is 7.73. The summed E-state index contributed by atoms with van der Waals surface area (Å²) >= 11 is 0. The van der Waals surface area contributed by atoms with Gasteiger partial charge in [-0.15, -0.1) is 0 Å². The average molecular weight is 154 g/mol. The van der Waals surface area contributed by atoms with Crippen LogP contribution in [0, 0.1) is 11.3 Å². The zero-order valence-corrected chi connectivity index (χ0v) is 6.71. The standard InChI is InChI=1S/C9H14O2/c10-7-9(2-3-9)5-8-1-4-11-6-8/h7-8H,1-6H2. The Bertz CT molecular complexity index is 155. The van der Waals surface area contributed by atoms with Gasteiger partial charge in [-0.25, -0.2) is 0 Å². The Balaban J connectivity index is 1.84. The molecular weight excluding hydrogens is 140 g/mol. The Labute approximate surface area is 66.9 Å². The lowest BCUT2D eigenvalue weighted by Gasteiger charge is -2.11. The van der Waals surface area contributed by atoms with Crippen molar-refractivity contribution in [3.05, 3.63) is 0 Å². The number of ether oxygens (including phenoxy) is 1. The van der Waals surface area contributed by atoms with E-state index in [0.29, 0.717) is 5.92 Å². The van der Waals surface area contributed by atoms with Gasteiger partial charge < -0.3 is 9.53 Å². The molecule has 11 heavy (non-hydrogen) atoms. The maximum absolute atomic E-state index is 10.6. The fraction of sp³-hybridized carbons (Fsp3) is 0.889. The first-order valence-corrected chi connectivity index (χ1v) is 4.39. The van der Waals surface area contributed by atoms with Crippen molar-refractivity contribution in [2.75, 3.05) is 13.2 Å². The third-order valence-electron chi connectivity index (χ3n) is 2.86. The molecule has 0 aromatic carbocycles. The molecule has 2 nitrogen and oxygen atoms in total. The van der Waals surface area contributed by atoms with Gasteiger partial charge in [-0.2, -0.15) is 0 Å². The molecule has 2 rings (SSSR count). The van der Waals surface area contributed by atoms with E-state index in [9.17, 15) is 4.79 Å². The normalized spacial score (nSPS) is 33.6. The Morgan fingerprint density at radius 3 is 2.82 bits per heavy atom. The first kappa shape index (κ1) is 7.29. The van der Waals surface area contributed by atoms with Crippen LogP contribution in [0.2, 0.25) is 0 Å². The van der Waals surface area contributed by atoms with Gasteiger partial charge in [-0.05, 0) is 31.6 Å². The molecule has 0 amide bonds. The maximum atomic E-state index is 10.6. The molecule has 2 heteroatoms. The van der Waals surface area contributed by atoms with Crippen molar-refractivity contribution in [3.8, 4) is 0 Å². The molecule has 1 saturated carbocycles. The average Bonchev–Trinajstić information content (AvgIpc) is 2.59. The number of hydrogen-bond donors (Lipinski definition) is 0. The summed E-state index contributed by atoms with van der Waals surface area (Å²) in [7, 11) is 0. The molecule has 1 unspecified atom stereocenters. The van der Waals surface area contributed by atoms with E-state index in [1.165, 1.54) is 0 Å². The van der Waals surface area contributed by atoms with Gasteiger partial charge >= 0.3 is 0 Å². The lowest BCUT2D eigenvalue weighted by atomic mass is 9.93. The van der Waals surface area contributed by atoms with Gasteiger partial charge in [0.25, 0.3) is 0 Å². The molecule has 1 saturated heterocycles. The van der Waals surface area contributed by atoms with Gasteiger partial charge in [0.1, 0.15) is 6.29 Å². The minimum atomic E-state index is 0.0956. The molecule has 1 aliphatic carbocycles. The molecule has 1 atom stereocenters. The molecule has 0 spiro atoms. The van der Waals surface area contributed by atoms with Crippen LogP contribution in [0.1, 0.15) is 25.7 Å². The highest BCUT2D eigenvalue weighted by Gasteiger charge is 2.44. The van der Waals surface area contributed by atoms with E-state index in [2.05, 4.69) is 0 Å². The SMILES string of the molecule is O=CC1(CC2CCOC2)CC1. The number of hydrogen-bond acceptors (Lipinski definition) is 2. The van der Waals surface area contributed by atoms with Gasteiger partial charge in [0.05, 0.1) is 0 Å². The van der Waals surface area contributed by atoms with Crippen LogP contribution in [-0.2, 0) is 9.53 Å². The first-order chi connectivity index (χ1) is 5.35. The Hall–Kier alpha value is -0.370. The van der Waals surface area contributed by atoms with E-state index in [1.54, 1.807) is 0 Å². The Morgan fingerprint density at radius 1 is 1.55 bits per heavy atom. The first-order valence-electron chi connectivity index (χ1n) is 4.39. The smallest absolute Gasteiger partial charge is 0.126 e. The molecule has 0 bridgehead atoms. The van der Waals surface area contributed by atoms with Crippen LogP contribution in [0.4, 0.5) is 0 Å². The van der Waals surface area contributed by atoms with E-state index in [-0.39, 0.29) is 5.41 Å². The van der Waals surface area contributed by atoms with Crippen LogP contribution in [0.25, 0.3) is 0 Å². The quantitative estimate of drug-likeness (QED) is 0.574. The highest BCUT2D eigenvalue weighted by atomic mass is 16.5. The van der Waals surface area contributed by atoms with Crippen molar-refractivity contribution in [1.82, 2.24) is 0 Å². The molecule has 2 aliphatic rings. The molecule has 2 fully saturated rings. The predicted molar refractivity (Wildman–Crippen MR) is 41.3 cm³/mol. The minimum Gasteiger partial charge on any atom is -0.381 e. The third kappa shape index (κ3) is 1.45. The van der Waals surface area contributed by atoms with Gasteiger partial charge in [0, 0.05) is 18.6 Å². The fourth-order valence-electron chi connectivity index (χ4n) is 1.85. The number of rotatable bonds is 3. The Morgan fingerprint density at radius 2 is 2.36 bits per heavy atom. The van der Waals surface area contributed by atoms with Gasteiger partial charge in [0.15, 0.2) is 0 Å². The summed E-state index contributed by atoms with van der Waals surface area (Å²) in [6.07, 6.45) is 5.64. The van der Waals surface area contributed by atoms with Crippen LogP contribution in [0.3, 0.4) is 0 Å². The monoisotopic (exact) mass is 154 g/mol. The predicted octanol–water partition coefficient (Wildman–Crippen LogP) is 1.39. The second kappa shape index (κ2) is 2.59. The second-order valence-corrected chi connectivity index (χ2v) is 3.91. The van der Waals surface area contributed by atoms with Crippen molar-refractivity contribution in [2.24, 2.45) is 11.3 Å². The molecular formula is C9H14O2. The van der Waals surface area contributed by atoms with E-state index < -0.39 is 0 Å². The maximum Gasteiger partial charge on any atom is 0.126 e. The van der Waals surface area contributed by atoms with Crippen molar-refractivity contribution in [1.29, 1.82) is 0 Å². The van der Waals surface area contributed by atoms with E-state index in [0.717, 1.165) is 45.2 Å². The molecule has 0 aromatic rings. The summed E-state index contributed by atoms with van der Waals surface area (Å²) in [6.45, 7) is 1.79. The van der Waals surface area contributed by atoms with Crippen LogP contribution in [0.15, 0.2) is 0 Å². The van der Waals surface area contributed by atoms with Crippen molar-refractivity contribution < 1.29 is 9.53 Å². The van der Waals surface area contributed by atoms with Crippen LogP contribution in [0.5, 0.6) is 0 Å². The zero-order valence-electron chi connectivity index (χ0n) is 6.71. The van der Waals surface area contributed by atoms with Gasteiger partial charge in [-0.3, -0.25) is 0 Å². The minimum absolute atomic E-state index is 0.0956. The van der Waals surface area contributed by atoms with Crippen LogP contribution in [-0.4, -0.2) is 19.5 Å². The third-order valence-corrected chi connectivity index (χ3v) is 2.86. The molecule has 1 aliphatic heterocycles. The number of carbonyl (C=O) groups is 1. The lowest BCUT2D eigenvalue weighted by Crippen LogP contribution is -2.10. The van der Waals surface area contributed by atoms with Crippen molar-refractivity contribution in [2.45, 2.75) is 25.7 Å². The summed E-state index contributed by atoms with van der Waals surface area (Å²) in [4.78, 5) is 10.6. The van der Waals surface area contributed by atoms with Crippen molar-refractivity contribution in [3.63, 3.8) is 0 Å². The van der Waals surface area contributed by atoms with Gasteiger partial charge in [-0.1, -0.05) is 0 Å². The highest BCUT2D eigenvalue weighted by molar-refractivity contribution is 5.63. The second-order valence-electron chi connectivity index (χ2n) is 3.91. The van der Waals surface area contributed by atoms with E-state index in [1.807, 2.05) is 0 Å². The summed E-state index contributed by atoms with van der Waals surface area (Å²) in [5, 5.41) is 0. The fourth-order valence-corrected chi connectivity index (χ4v) is 1.85. The number of aldehydes is 1. The summed E-state index contributed by atoms with van der Waals surface area (Å²) in [5.41, 5.74) is 0.0956. The Kier molecular flexibility index (Phi) is 1.72. The highest BCUT2D eigenvalue weighted by Crippen LogP contribution is 2.49.